The number of thioether (sulfide) groups is 1. The van der Waals surface area contributed by atoms with E-state index in [1.165, 1.54) is 40.6 Å². The minimum atomic E-state index is -4.67. The molecule has 9 nitrogen and oxygen atoms in total. The molecule has 0 unspecified atom stereocenters. The van der Waals surface area contributed by atoms with Gasteiger partial charge in [0.05, 0.1) is 6.61 Å². The molecule has 2 amide bonds. The molecule has 1 saturated carbocycles. The van der Waals surface area contributed by atoms with Gasteiger partial charge in [-0.25, -0.2) is 9.59 Å². The Kier molecular flexibility index (Phi) is 7.55. The van der Waals surface area contributed by atoms with Crippen LogP contribution in [0.15, 0.2) is 47.4 Å². The van der Waals surface area contributed by atoms with Crippen LogP contribution in [-0.4, -0.2) is 44.7 Å². The zero-order valence-corrected chi connectivity index (χ0v) is 20.2. The number of carbonyl (C=O) groups is 1. The van der Waals surface area contributed by atoms with E-state index in [2.05, 4.69) is 10.3 Å². The summed E-state index contributed by atoms with van der Waals surface area (Å²) in [5.74, 6) is 0.968. The van der Waals surface area contributed by atoms with Crippen molar-refractivity contribution >= 4 is 40.9 Å². The Hall–Kier alpha value is -2.74. The second-order valence-electron chi connectivity index (χ2n) is 8.35. The number of aliphatic hydroxyl groups excluding tert-OH is 1. The number of carbonyl (C=O) groups excluding carboxylic acids is 1. The van der Waals surface area contributed by atoms with Crippen LogP contribution in [0, 0.1) is 5.92 Å². The number of allylic oxidation sites excluding steroid dienone is 1. The van der Waals surface area contributed by atoms with E-state index in [4.69, 9.17) is 27.2 Å². The molecule has 2 fully saturated rings. The fraction of sp³-hybridized carbons (Fsp3) is 0.409. The minimum Gasteiger partial charge on any atom is -0.393 e. The predicted octanol–water partition coefficient (Wildman–Crippen LogP) is 3.60. The molecule has 1 saturated heterocycles. The smallest absolute Gasteiger partial charge is 0.393 e. The van der Waals surface area contributed by atoms with Crippen LogP contribution in [0.3, 0.4) is 0 Å². The number of ether oxygens (including phenoxy) is 1. The molecule has 0 radical (unpaired) electrons. The SMILES string of the molecule is Nc1ccn([C@@H]2CS[C@H](CO)O2)c(=O)n1.O=C1Nc2ccc(Cl)cc2[C@@](/C=C/C2CC2)(C(F)(F)F)N1. The third-order valence-electron chi connectivity index (χ3n) is 5.70. The summed E-state index contributed by atoms with van der Waals surface area (Å²) in [6.07, 6.45) is 0.818. The molecule has 1 aromatic heterocycles. The number of nitrogens with two attached hydrogens (primary N) is 1. The first-order valence-corrected chi connectivity index (χ1v) is 12.3. The number of aliphatic hydroxyl groups is 1. The quantitative estimate of drug-likeness (QED) is 0.432. The highest BCUT2D eigenvalue weighted by atomic mass is 35.5. The highest BCUT2D eigenvalue weighted by Gasteiger charge is 2.58. The molecule has 2 aliphatic heterocycles. The molecule has 1 aromatic carbocycles. The van der Waals surface area contributed by atoms with Crippen molar-refractivity contribution in [1.29, 1.82) is 0 Å². The van der Waals surface area contributed by atoms with Crippen LogP contribution < -0.4 is 22.1 Å². The van der Waals surface area contributed by atoms with E-state index < -0.39 is 23.4 Å². The summed E-state index contributed by atoms with van der Waals surface area (Å²) in [5, 5.41) is 13.4. The largest absolute Gasteiger partial charge is 0.419 e. The van der Waals surface area contributed by atoms with Gasteiger partial charge in [0.25, 0.3) is 0 Å². The van der Waals surface area contributed by atoms with E-state index in [9.17, 15) is 22.8 Å². The predicted molar refractivity (Wildman–Crippen MR) is 130 cm³/mol. The highest BCUT2D eigenvalue weighted by Crippen LogP contribution is 2.47. The zero-order chi connectivity index (χ0) is 26.1. The van der Waals surface area contributed by atoms with Crippen molar-refractivity contribution in [2.75, 3.05) is 23.4 Å². The number of nitrogens with one attached hydrogen (secondary N) is 2. The number of halogens is 4. The number of aromatic nitrogens is 2. The number of rotatable bonds is 4. The summed E-state index contributed by atoms with van der Waals surface area (Å²) in [6, 6.07) is 4.71. The van der Waals surface area contributed by atoms with Crippen LogP contribution in [0.4, 0.5) is 29.5 Å². The van der Waals surface area contributed by atoms with Crippen molar-refractivity contribution in [3.05, 3.63) is 63.7 Å². The van der Waals surface area contributed by atoms with Gasteiger partial charge in [-0.3, -0.25) is 4.57 Å². The molecule has 5 N–H and O–H groups in total. The van der Waals surface area contributed by atoms with E-state index in [0.29, 0.717) is 5.75 Å². The van der Waals surface area contributed by atoms with Crippen LogP contribution in [0.1, 0.15) is 24.6 Å². The van der Waals surface area contributed by atoms with Gasteiger partial charge in [0, 0.05) is 28.2 Å². The van der Waals surface area contributed by atoms with Gasteiger partial charge in [-0.05, 0) is 49.1 Å². The van der Waals surface area contributed by atoms with E-state index in [1.54, 1.807) is 12.3 Å². The number of amides is 2. The van der Waals surface area contributed by atoms with Crippen molar-refractivity contribution < 1.29 is 27.8 Å². The molecule has 36 heavy (non-hydrogen) atoms. The van der Waals surface area contributed by atoms with E-state index in [0.717, 1.165) is 18.9 Å². The Morgan fingerprint density at radius 3 is 2.69 bits per heavy atom. The maximum Gasteiger partial charge on any atom is 0.419 e. The molecule has 5 rings (SSSR count). The van der Waals surface area contributed by atoms with Crippen molar-refractivity contribution in [3.63, 3.8) is 0 Å². The van der Waals surface area contributed by atoms with Crippen LogP contribution in [-0.2, 0) is 10.3 Å². The fourth-order valence-corrected chi connectivity index (χ4v) is 4.80. The average molecular weight is 546 g/mol. The second kappa shape index (κ2) is 10.3. The number of urea groups is 1. The zero-order valence-electron chi connectivity index (χ0n) is 18.7. The fourth-order valence-electron chi connectivity index (χ4n) is 3.70. The number of nitrogen functional groups attached to an aromatic ring is 1. The third kappa shape index (κ3) is 5.64. The van der Waals surface area contributed by atoms with Crippen LogP contribution in [0.25, 0.3) is 0 Å². The van der Waals surface area contributed by atoms with Crippen LogP contribution in [0.5, 0.6) is 0 Å². The van der Waals surface area contributed by atoms with E-state index in [1.807, 2.05) is 5.32 Å². The topological polar surface area (TPSA) is 132 Å². The Bertz CT molecular complexity index is 1220. The molecule has 3 atom stereocenters. The summed E-state index contributed by atoms with van der Waals surface area (Å²) in [4.78, 5) is 26.7. The number of benzene rings is 1. The minimum absolute atomic E-state index is 0.0572. The first-order valence-electron chi connectivity index (χ1n) is 10.9. The summed E-state index contributed by atoms with van der Waals surface area (Å²) in [7, 11) is 0. The molecule has 3 aliphatic rings. The van der Waals surface area contributed by atoms with Gasteiger partial charge in [-0.1, -0.05) is 17.7 Å². The lowest BCUT2D eigenvalue weighted by Crippen LogP contribution is -2.58. The summed E-state index contributed by atoms with van der Waals surface area (Å²) in [5.41, 5.74) is 2.14. The molecule has 0 spiro atoms. The van der Waals surface area contributed by atoms with Crippen molar-refractivity contribution in [3.8, 4) is 0 Å². The number of hydrogen-bond donors (Lipinski definition) is 4. The molecule has 3 heterocycles. The maximum absolute atomic E-state index is 13.7. The summed E-state index contributed by atoms with van der Waals surface area (Å²) in [6.45, 7) is -0.0572. The molecule has 1 aliphatic carbocycles. The second-order valence-corrected chi connectivity index (χ2v) is 9.98. The van der Waals surface area contributed by atoms with Crippen molar-refractivity contribution in [2.24, 2.45) is 5.92 Å². The normalized spacial score (nSPS) is 25.5. The first-order chi connectivity index (χ1) is 17.0. The lowest BCUT2D eigenvalue weighted by atomic mass is 9.85. The van der Waals surface area contributed by atoms with Crippen LogP contribution in [0.2, 0.25) is 5.02 Å². The van der Waals surface area contributed by atoms with Crippen molar-refractivity contribution in [1.82, 2.24) is 14.9 Å². The lowest BCUT2D eigenvalue weighted by molar-refractivity contribution is -0.181. The van der Waals surface area contributed by atoms with Gasteiger partial charge >= 0.3 is 17.9 Å². The van der Waals surface area contributed by atoms with Crippen molar-refractivity contribution in [2.45, 2.75) is 36.2 Å². The number of fused-ring (bicyclic) bond motifs is 1. The molecule has 2 aromatic rings. The average Bonchev–Trinajstić information content (AvgIpc) is 3.52. The van der Waals surface area contributed by atoms with Gasteiger partial charge in [0.15, 0.2) is 5.54 Å². The molecule has 194 valence electrons. The third-order valence-corrected chi connectivity index (χ3v) is 7.04. The molecule has 14 heteroatoms. The number of anilines is 2. The Morgan fingerprint density at radius 2 is 2.08 bits per heavy atom. The number of nitrogens with zero attached hydrogens (tertiary/aromatic N) is 2. The maximum atomic E-state index is 13.7. The monoisotopic (exact) mass is 545 g/mol. The van der Waals surface area contributed by atoms with Gasteiger partial charge in [0.1, 0.15) is 17.5 Å². The van der Waals surface area contributed by atoms with Gasteiger partial charge in [-0.15, -0.1) is 11.8 Å². The summed E-state index contributed by atoms with van der Waals surface area (Å²) >= 11 is 7.30. The van der Waals surface area contributed by atoms with E-state index in [-0.39, 0.29) is 46.3 Å². The Balaban J connectivity index is 0.000000179. The standard InChI is InChI=1S/C14H12ClF3N2O.C8H11N3O3S/c15-9-3-4-11-10(7-9)13(14(16,17)18,20-12(21)19-11)6-5-8-1-2-8;9-5-1-2-11(8(13)10-5)6-4-15-7(3-12)14-6/h3-8H,1-2H2,(H2,19,20,21);1-2,6-7,12H,3-4H2,(H2,9,10,13)/b6-5+;/t13-;6-,7+/m00/s1. The van der Waals surface area contributed by atoms with E-state index >= 15 is 0 Å². The van der Waals surface area contributed by atoms with Gasteiger partial charge in [0.2, 0.25) is 0 Å². The highest BCUT2D eigenvalue weighted by molar-refractivity contribution is 8.00. The number of hydrogen-bond acceptors (Lipinski definition) is 7. The number of alkyl halides is 3. The van der Waals surface area contributed by atoms with Gasteiger partial charge < -0.3 is 26.2 Å². The lowest BCUT2D eigenvalue weighted by Gasteiger charge is -2.39. The Morgan fingerprint density at radius 1 is 1.33 bits per heavy atom. The van der Waals surface area contributed by atoms with Gasteiger partial charge in [-0.2, -0.15) is 18.2 Å². The van der Waals surface area contributed by atoms with Crippen LogP contribution >= 0.6 is 23.4 Å². The Labute approximate surface area is 212 Å². The molecular formula is C22H23ClF3N5O4S. The summed E-state index contributed by atoms with van der Waals surface area (Å²) < 4.78 is 47.9. The molecular weight excluding hydrogens is 523 g/mol. The first kappa shape index (κ1) is 26.3. The molecule has 0 bridgehead atoms.